The van der Waals surface area contributed by atoms with Gasteiger partial charge in [0.15, 0.2) is 5.82 Å². The average Bonchev–Trinajstić information content (AvgIpc) is 2.84. The van der Waals surface area contributed by atoms with Gasteiger partial charge in [0.05, 0.1) is 22.7 Å². The summed E-state index contributed by atoms with van der Waals surface area (Å²) in [5.74, 6) is -0.639. The number of carbonyl (C=O) groups is 1. The van der Waals surface area contributed by atoms with E-state index < -0.39 is 23.7 Å². The number of hydrogen-bond acceptors (Lipinski definition) is 5. The summed E-state index contributed by atoms with van der Waals surface area (Å²) in [6, 6.07) is 7.56. The normalized spacial score (nSPS) is 23.9. The standard InChI is InChI=1S/C25H22F4N4O2/c1-14-15-6-8-19(20(12-15)35-21-9-7-16(13-32-21)25(27,28)29)33(14)24(34)17-4-2-5-18(26)22(17)23-30-10-3-11-31-23/h2-5,7,9-11,13-15,19-20H,6,8,12H2,1H3/t14-,15-,19+,20-/m1/s1. The van der Waals surface area contributed by atoms with Gasteiger partial charge >= 0.3 is 6.18 Å². The van der Waals surface area contributed by atoms with Crippen molar-refractivity contribution < 1.29 is 27.1 Å². The van der Waals surface area contributed by atoms with E-state index in [4.69, 9.17) is 4.74 Å². The highest BCUT2D eigenvalue weighted by Crippen LogP contribution is 2.42. The van der Waals surface area contributed by atoms with Gasteiger partial charge in [-0.2, -0.15) is 13.2 Å². The number of halogens is 4. The van der Waals surface area contributed by atoms with E-state index in [9.17, 15) is 22.4 Å². The highest BCUT2D eigenvalue weighted by Gasteiger charge is 2.49. The predicted octanol–water partition coefficient (Wildman–Crippen LogP) is 5.16. The maximum absolute atomic E-state index is 14.9. The molecule has 3 aromatic rings. The number of carbonyl (C=O) groups excluding carboxylic acids is 1. The van der Waals surface area contributed by atoms with Crippen molar-refractivity contribution in [3.8, 4) is 17.3 Å². The molecule has 2 bridgehead atoms. The summed E-state index contributed by atoms with van der Waals surface area (Å²) >= 11 is 0. The maximum Gasteiger partial charge on any atom is 0.417 e. The van der Waals surface area contributed by atoms with Crippen molar-refractivity contribution in [2.45, 2.75) is 50.6 Å². The first-order valence-corrected chi connectivity index (χ1v) is 11.3. The minimum atomic E-state index is -4.49. The lowest BCUT2D eigenvalue weighted by Crippen LogP contribution is -2.63. The van der Waals surface area contributed by atoms with Crippen LogP contribution in [0.3, 0.4) is 0 Å². The van der Waals surface area contributed by atoms with Crippen LogP contribution in [0.5, 0.6) is 5.88 Å². The van der Waals surface area contributed by atoms with Crippen LogP contribution in [-0.4, -0.2) is 43.9 Å². The SMILES string of the molecule is C[C@@H]1[C@@H]2CC[C@@H]([C@H](Oc3ccc(C(F)(F)F)cn3)C2)N1C(=O)c1cccc(F)c1-c1ncccn1. The molecule has 3 fully saturated rings. The number of hydrogen-bond donors (Lipinski definition) is 0. The minimum Gasteiger partial charge on any atom is -0.472 e. The van der Waals surface area contributed by atoms with Gasteiger partial charge in [0.1, 0.15) is 11.9 Å². The Labute approximate surface area is 199 Å². The van der Waals surface area contributed by atoms with Crippen LogP contribution in [0.15, 0.2) is 55.0 Å². The third kappa shape index (κ3) is 4.33. The van der Waals surface area contributed by atoms with Crippen molar-refractivity contribution in [3.63, 3.8) is 0 Å². The van der Waals surface area contributed by atoms with E-state index in [0.29, 0.717) is 12.8 Å². The molecule has 35 heavy (non-hydrogen) atoms. The van der Waals surface area contributed by atoms with Gasteiger partial charge in [-0.3, -0.25) is 4.79 Å². The Balaban J connectivity index is 1.44. The number of piperidine rings is 2. The quantitative estimate of drug-likeness (QED) is 0.477. The number of nitrogens with zero attached hydrogens (tertiary/aromatic N) is 4. The van der Waals surface area contributed by atoms with Crippen LogP contribution < -0.4 is 4.74 Å². The number of fused-ring (bicyclic) bond motifs is 3. The van der Waals surface area contributed by atoms with Crippen molar-refractivity contribution in [2.75, 3.05) is 0 Å². The van der Waals surface area contributed by atoms with Crippen molar-refractivity contribution in [3.05, 3.63) is 71.9 Å². The molecule has 1 amide bonds. The van der Waals surface area contributed by atoms with E-state index in [0.717, 1.165) is 18.7 Å². The second-order valence-corrected chi connectivity index (χ2v) is 8.87. The summed E-state index contributed by atoms with van der Waals surface area (Å²) in [5, 5.41) is 0. The van der Waals surface area contributed by atoms with Gasteiger partial charge < -0.3 is 9.64 Å². The molecule has 1 aromatic carbocycles. The lowest BCUT2D eigenvalue weighted by atomic mass is 9.73. The number of benzene rings is 1. The molecule has 4 heterocycles. The molecule has 182 valence electrons. The molecule has 0 spiro atoms. The van der Waals surface area contributed by atoms with E-state index >= 15 is 0 Å². The highest BCUT2D eigenvalue weighted by atomic mass is 19.4. The molecule has 4 atom stereocenters. The van der Waals surface area contributed by atoms with E-state index in [2.05, 4.69) is 15.0 Å². The molecule has 0 unspecified atom stereocenters. The van der Waals surface area contributed by atoms with Gasteiger partial charge in [-0.15, -0.1) is 0 Å². The summed E-state index contributed by atoms with van der Waals surface area (Å²) in [5.41, 5.74) is -0.669. The number of amides is 1. The van der Waals surface area contributed by atoms with Crippen LogP contribution in [0, 0.1) is 11.7 Å². The third-order valence-corrected chi connectivity index (χ3v) is 6.88. The fourth-order valence-corrected chi connectivity index (χ4v) is 5.16. The molecule has 2 saturated heterocycles. The van der Waals surface area contributed by atoms with Crippen molar-refractivity contribution in [1.82, 2.24) is 19.9 Å². The Morgan fingerprint density at radius 1 is 1.06 bits per heavy atom. The van der Waals surface area contributed by atoms with Crippen LogP contribution >= 0.6 is 0 Å². The number of pyridine rings is 1. The maximum atomic E-state index is 14.9. The fraction of sp³-hybridized carbons (Fsp3) is 0.360. The molecule has 0 radical (unpaired) electrons. The molecule has 10 heteroatoms. The molecule has 6 rings (SSSR count). The average molecular weight is 486 g/mol. The zero-order valence-electron chi connectivity index (χ0n) is 18.7. The summed E-state index contributed by atoms with van der Waals surface area (Å²) < 4.78 is 59.5. The van der Waals surface area contributed by atoms with Gasteiger partial charge in [0.2, 0.25) is 5.88 Å². The second kappa shape index (κ2) is 8.90. The first kappa shape index (κ1) is 23.2. The zero-order chi connectivity index (χ0) is 24.7. The summed E-state index contributed by atoms with van der Waals surface area (Å²) in [6.45, 7) is 1.96. The molecule has 1 aliphatic carbocycles. The number of ether oxygens (including phenoxy) is 1. The molecule has 3 aliphatic rings. The van der Waals surface area contributed by atoms with Gasteiger partial charge in [0, 0.05) is 30.7 Å². The number of alkyl halides is 3. The number of aromatic nitrogens is 3. The van der Waals surface area contributed by atoms with Gasteiger partial charge in [0.25, 0.3) is 5.91 Å². The first-order valence-electron chi connectivity index (χ1n) is 11.3. The van der Waals surface area contributed by atoms with E-state index in [1.54, 1.807) is 17.0 Å². The predicted molar refractivity (Wildman–Crippen MR) is 118 cm³/mol. The van der Waals surface area contributed by atoms with Gasteiger partial charge in [-0.25, -0.2) is 19.3 Å². The van der Waals surface area contributed by atoms with Crippen molar-refractivity contribution >= 4 is 5.91 Å². The Hall–Kier alpha value is -3.56. The van der Waals surface area contributed by atoms with Crippen molar-refractivity contribution in [2.24, 2.45) is 5.92 Å². The highest BCUT2D eigenvalue weighted by molar-refractivity contribution is 6.00. The Morgan fingerprint density at radius 3 is 2.51 bits per heavy atom. The summed E-state index contributed by atoms with van der Waals surface area (Å²) in [6.07, 6.45) is 0.982. The first-order chi connectivity index (χ1) is 16.7. The largest absolute Gasteiger partial charge is 0.472 e. The molecule has 2 aromatic heterocycles. The van der Waals surface area contributed by atoms with Crippen LogP contribution in [0.1, 0.15) is 42.1 Å². The third-order valence-electron chi connectivity index (χ3n) is 6.88. The molecular weight excluding hydrogens is 464 g/mol. The van der Waals surface area contributed by atoms with Gasteiger partial charge in [-0.05, 0) is 56.4 Å². The van der Waals surface area contributed by atoms with E-state index in [1.807, 2.05) is 6.92 Å². The van der Waals surface area contributed by atoms with E-state index in [1.165, 1.54) is 30.6 Å². The van der Waals surface area contributed by atoms with Gasteiger partial charge in [-0.1, -0.05) is 6.07 Å². The van der Waals surface area contributed by atoms with Crippen LogP contribution in [0.25, 0.3) is 11.4 Å². The zero-order valence-corrected chi connectivity index (χ0v) is 18.7. The molecular formula is C25H22F4N4O2. The monoisotopic (exact) mass is 486 g/mol. The topological polar surface area (TPSA) is 68.2 Å². The molecule has 0 N–H and O–H groups in total. The molecule has 6 nitrogen and oxygen atoms in total. The second-order valence-electron chi connectivity index (χ2n) is 8.87. The lowest BCUT2D eigenvalue weighted by Gasteiger charge is -2.53. The molecule has 2 aliphatic heterocycles. The van der Waals surface area contributed by atoms with Crippen LogP contribution in [-0.2, 0) is 6.18 Å². The fourth-order valence-electron chi connectivity index (χ4n) is 5.16. The lowest BCUT2D eigenvalue weighted by molar-refractivity contribution is -0.137. The van der Waals surface area contributed by atoms with Crippen LogP contribution in [0.4, 0.5) is 17.6 Å². The smallest absolute Gasteiger partial charge is 0.417 e. The Bertz CT molecular complexity index is 1220. The summed E-state index contributed by atoms with van der Waals surface area (Å²) in [4.78, 5) is 27.6. The van der Waals surface area contributed by atoms with E-state index in [-0.39, 0.29) is 46.7 Å². The minimum absolute atomic E-state index is 0.0358. The van der Waals surface area contributed by atoms with Crippen LogP contribution in [0.2, 0.25) is 0 Å². The number of rotatable bonds is 4. The van der Waals surface area contributed by atoms with Crippen molar-refractivity contribution in [1.29, 1.82) is 0 Å². The Morgan fingerprint density at radius 2 is 1.83 bits per heavy atom. The molecule has 1 saturated carbocycles. The Kier molecular flexibility index (Phi) is 5.90. The summed E-state index contributed by atoms with van der Waals surface area (Å²) in [7, 11) is 0.